The van der Waals surface area contributed by atoms with Gasteiger partial charge in [0.05, 0.1) is 18.9 Å². The Labute approximate surface area is 124 Å². The number of rotatable bonds is 5. The maximum atomic E-state index is 12.3. The molecule has 0 saturated heterocycles. The Bertz CT molecular complexity index is 529. The molecule has 0 heterocycles. The molecule has 0 aromatic heterocycles. The highest BCUT2D eigenvalue weighted by Gasteiger charge is 2.41. The summed E-state index contributed by atoms with van der Waals surface area (Å²) in [5.41, 5.74) is 0.881. The molecule has 1 aliphatic rings. The number of hydrogen-bond acceptors (Lipinski definition) is 3. The van der Waals surface area contributed by atoms with Gasteiger partial charge in [-0.15, -0.1) is 0 Å². The van der Waals surface area contributed by atoms with Gasteiger partial charge in [-0.3, -0.25) is 9.59 Å². The van der Waals surface area contributed by atoms with Crippen molar-refractivity contribution in [3.05, 3.63) is 29.8 Å². The lowest BCUT2D eigenvalue weighted by Gasteiger charge is -2.16. The highest BCUT2D eigenvalue weighted by Crippen LogP contribution is 2.36. The molecular weight excluding hydrogens is 270 g/mol. The van der Waals surface area contributed by atoms with Gasteiger partial charge in [0.2, 0.25) is 5.91 Å². The van der Waals surface area contributed by atoms with Gasteiger partial charge in [-0.25, -0.2) is 0 Å². The molecule has 1 fully saturated rings. The zero-order chi connectivity index (χ0) is 15.4. The third-order valence-electron chi connectivity index (χ3n) is 4.10. The van der Waals surface area contributed by atoms with Crippen molar-refractivity contribution in [3.63, 3.8) is 0 Å². The molecule has 0 aliphatic heterocycles. The summed E-state index contributed by atoms with van der Waals surface area (Å²) in [6.45, 7) is 2.34. The molecule has 5 heteroatoms. The van der Waals surface area contributed by atoms with Crippen LogP contribution in [0.15, 0.2) is 24.3 Å². The van der Waals surface area contributed by atoms with E-state index in [0.717, 1.165) is 5.56 Å². The summed E-state index contributed by atoms with van der Waals surface area (Å²) in [5, 5.41) is 12.1. The van der Waals surface area contributed by atoms with Gasteiger partial charge in [0, 0.05) is 12.1 Å². The SMILES string of the molecule is COc1ccccc1CNC(=O)[C@H]1CC(C)C[C@H]1C(=O)O. The number of carbonyl (C=O) groups is 2. The van der Waals surface area contributed by atoms with Crippen molar-refractivity contribution in [2.24, 2.45) is 17.8 Å². The van der Waals surface area contributed by atoms with Gasteiger partial charge in [-0.1, -0.05) is 25.1 Å². The molecule has 2 rings (SSSR count). The number of aliphatic carboxylic acids is 1. The minimum atomic E-state index is -0.878. The van der Waals surface area contributed by atoms with E-state index in [0.29, 0.717) is 25.1 Å². The van der Waals surface area contributed by atoms with Crippen molar-refractivity contribution in [3.8, 4) is 5.75 Å². The standard InChI is InChI=1S/C16H21NO4/c1-10-7-12(13(8-10)16(19)20)15(18)17-9-11-5-3-4-6-14(11)21-2/h3-6,10,12-13H,7-9H2,1-2H3,(H,17,18)(H,19,20)/t10?,12-,13+/m0/s1. The number of benzene rings is 1. The predicted octanol–water partition coefficient (Wildman–Crippen LogP) is 2.06. The number of amides is 1. The van der Waals surface area contributed by atoms with E-state index >= 15 is 0 Å². The van der Waals surface area contributed by atoms with Gasteiger partial charge in [0.1, 0.15) is 5.75 Å². The summed E-state index contributed by atoms with van der Waals surface area (Å²) >= 11 is 0. The average molecular weight is 291 g/mol. The van der Waals surface area contributed by atoms with Gasteiger partial charge in [-0.2, -0.15) is 0 Å². The number of methoxy groups -OCH3 is 1. The second kappa shape index (κ2) is 6.61. The van der Waals surface area contributed by atoms with Crippen LogP contribution in [0.25, 0.3) is 0 Å². The van der Waals surface area contributed by atoms with E-state index in [1.165, 1.54) is 0 Å². The minimum absolute atomic E-state index is 0.183. The van der Waals surface area contributed by atoms with Crippen LogP contribution in [-0.4, -0.2) is 24.1 Å². The highest BCUT2D eigenvalue weighted by atomic mass is 16.5. The molecule has 1 aliphatic carbocycles. The molecule has 1 unspecified atom stereocenters. The van der Waals surface area contributed by atoms with Crippen LogP contribution in [-0.2, 0) is 16.1 Å². The van der Waals surface area contributed by atoms with Crippen LogP contribution >= 0.6 is 0 Å². The fourth-order valence-corrected chi connectivity index (χ4v) is 3.02. The van der Waals surface area contributed by atoms with Crippen LogP contribution < -0.4 is 10.1 Å². The Balaban J connectivity index is 2.00. The Hall–Kier alpha value is -2.04. The Morgan fingerprint density at radius 1 is 1.29 bits per heavy atom. The first-order valence-electron chi connectivity index (χ1n) is 7.15. The summed E-state index contributed by atoms with van der Waals surface area (Å²) in [4.78, 5) is 23.5. The van der Waals surface area contributed by atoms with E-state index in [4.69, 9.17) is 4.74 Å². The van der Waals surface area contributed by atoms with E-state index in [1.54, 1.807) is 7.11 Å². The molecule has 1 saturated carbocycles. The van der Waals surface area contributed by atoms with Gasteiger partial charge in [0.25, 0.3) is 0 Å². The molecule has 1 aromatic carbocycles. The van der Waals surface area contributed by atoms with Crippen LogP contribution in [0.3, 0.4) is 0 Å². The third kappa shape index (κ3) is 3.54. The van der Waals surface area contributed by atoms with E-state index < -0.39 is 17.8 Å². The maximum Gasteiger partial charge on any atom is 0.307 e. The lowest BCUT2D eigenvalue weighted by molar-refractivity contribution is -0.146. The first-order chi connectivity index (χ1) is 10.0. The largest absolute Gasteiger partial charge is 0.496 e. The molecule has 3 atom stereocenters. The smallest absolute Gasteiger partial charge is 0.307 e. The second-order valence-electron chi connectivity index (χ2n) is 5.66. The van der Waals surface area contributed by atoms with Gasteiger partial charge in [0.15, 0.2) is 0 Å². The first kappa shape index (κ1) is 15.4. The molecule has 114 valence electrons. The summed E-state index contributed by atoms with van der Waals surface area (Å²) in [5.74, 6) is -1.08. The molecule has 0 bridgehead atoms. The fraction of sp³-hybridized carbons (Fsp3) is 0.500. The number of carbonyl (C=O) groups excluding carboxylic acids is 1. The molecule has 5 nitrogen and oxygen atoms in total. The predicted molar refractivity (Wildman–Crippen MR) is 77.9 cm³/mol. The summed E-state index contributed by atoms with van der Waals surface area (Å²) < 4.78 is 5.23. The molecular formula is C16H21NO4. The van der Waals surface area contributed by atoms with Crippen molar-refractivity contribution < 1.29 is 19.4 Å². The number of ether oxygens (including phenoxy) is 1. The maximum absolute atomic E-state index is 12.3. The van der Waals surface area contributed by atoms with Crippen molar-refractivity contribution in [2.75, 3.05) is 7.11 Å². The monoisotopic (exact) mass is 291 g/mol. The first-order valence-corrected chi connectivity index (χ1v) is 7.15. The zero-order valence-corrected chi connectivity index (χ0v) is 12.3. The topological polar surface area (TPSA) is 75.6 Å². The third-order valence-corrected chi connectivity index (χ3v) is 4.10. The molecule has 2 N–H and O–H groups in total. The second-order valence-corrected chi connectivity index (χ2v) is 5.66. The highest BCUT2D eigenvalue weighted by molar-refractivity contribution is 5.85. The minimum Gasteiger partial charge on any atom is -0.496 e. The summed E-state index contributed by atoms with van der Waals surface area (Å²) in [7, 11) is 1.58. The lowest BCUT2D eigenvalue weighted by atomic mass is 9.95. The zero-order valence-electron chi connectivity index (χ0n) is 12.3. The fourth-order valence-electron chi connectivity index (χ4n) is 3.02. The van der Waals surface area contributed by atoms with Crippen molar-refractivity contribution >= 4 is 11.9 Å². The van der Waals surface area contributed by atoms with Gasteiger partial charge < -0.3 is 15.2 Å². The van der Waals surface area contributed by atoms with E-state index in [9.17, 15) is 14.7 Å². The Morgan fingerprint density at radius 3 is 2.62 bits per heavy atom. The van der Waals surface area contributed by atoms with Crippen LogP contribution in [0, 0.1) is 17.8 Å². The van der Waals surface area contributed by atoms with E-state index in [1.807, 2.05) is 31.2 Å². The number of para-hydroxylation sites is 1. The molecule has 21 heavy (non-hydrogen) atoms. The van der Waals surface area contributed by atoms with E-state index in [2.05, 4.69) is 5.32 Å². The molecule has 1 aromatic rings. The molecule has 0 radical (unpaired) electrons. The Kier molecular flexibility index (Phi) is 4.83. The quantitative estimate of drug-likeness (QED) is 0.870. The summed E-state index contributed by atoms with van der Waals surface area (Å²) in [6, 6.07) is 7.45. The molecule has 0 spiro atoms. The number of carboxylic acid groups (broad SMARTS) is 1. The van der Waals surface area contributed by atoms with Crippen molar-refractivity contribution in [1.82, 2.24) is 5.32 Å². The van der Waals surface area contributed by atoms with Crippen LogP contribution in [0.1, 0.15) is 25.3 Å². The number of hydrogen-bond donors (Lipinski definition) is 2. The van der Waals surface area contributed by atoms with Crippen LogP contribution in [0.4, 0.5) is 0 Å². The van der Waals surface area contributed by atoms with E-state index in [-0.39, 0.29) is 11.8 Å². The normalized spacial score (nSPS) is 24.6. The van der Waals surface area contributed by atoms with Crippen molar-refractivity contribution in [2.45, 2.75) is 26.3 Å². The van der Waals surface area contributed by atoms with Gasteiger partial charge >= 0.3 is 5.97 Å². The number of nitrogens with one attached hydrogen (secondary N) is 1. The lowest BCUT2D eigenvalue weighted by Crippen LogP contribution is -2.35. The number of carboxylic acids is 1. The van der Waals surface area contributed by atoms with Crippen LogP contribution in [0.2, 0.25) is 0 Å². The Morgan fingerprint density at radius 2 is 1.95 bits per heavy atom. The van der Waals surface area contributed by atoms with Gasteiger partial charge in [-0.05, 0) is 24.8 Å². The average Bonchev–Trinajstić information content (AvgIpc) is 2.87. The van der Waals surface area contributed by atoms with Crippen molar-refractivity contribution in [1.29, 1.82) is 0 Å². The molecule has 1 amide bonds. The summed E-state index contributed by atoms with van der Waals surface area (Å²) in [6.07, 6.45) is 1.21. The van der Waals surface area contributed by atoms with Crippen LogP contribution in [0.5, 0.6) is 5.75 Å².